The van der Waals surface area contributed by atoms with Crippen molar-refractivity contribution in [2.45, 2.75) is 5.16 Å². The zero-order valence-electron chi connectivity index (χ0n) is 9.80. The van der Waals surface area contributed by atoms with Crippen molar-refractivity contribution in [3.05, 3.63) is 27.6 Å². The maximum Gasteiger partial charge on any atom is 0.313 e. The zero-order chi connectivity index (χ0) is 14.0. The van der Waals surface area contributed by atoms with Crippen LogP contribution < -0.4 is 0 Å². The van der Waals surface area contributed by atoms with Crippen LogP contribution in [0.25, 0.3) is 11.4 Å². The first-order valence-electron chi connectivity index (χ1n) is 5.18. The summed E-state index contributed by atoms with van der Waals surface area (Å²) in [4.78, 5) is 10.5. The van der Waals surface area contributed by atoms with Crippen LogP contribution in [0.1, 0.15) is 0 Å². The first-order chi connectivity index (χ1) is 8.99. The Balaban J connectivity index is 2.33. The van der Waals surface area contributed by atoms with Crippen LogP contribution in [0.15, 0.2) is 23.4 Å². The minimum absolute atomic E-state index is 0.0769. The molecule has 1 aromatic heterocycles. The van der Waals surface area contributed by atoms with Crippen molar-refractivity contribution >= 4 is 40.3 Å². The molecule has 2 aromatic rings. The lowest BCUT2D eigenvalue weighted by molar-refractivity contribution is -0.133. The number of carboxylic acids is 1. The molecular weight excluding hydrogens is 384 g/mol. The molecule has 0 saturated carbocycles. The SMILES string of the molecule is Cn1c(SCC(=O)O)nnc1-c1ccc(F)cc1I. The predicted octanol–water partition coefficient (Wildman–Crippen LogP) is 2.40. The molecule has 2 rings (SSSR count). The van der Waals surface area contributed by atoms with Gasteiger partial charge < -0.3 is 9.67 Å². The van der Waals surface area contributed by atoms with E-state index >= 15 is 0 Å². The first-order valence-corrected chi connectivity index (χ1v) is 7.25. The van der Waals surface area contributed by atoms with Gasteiger partial charge in [0.15, 0.2) is 11.0 Å². The number of thioether (sulfide) groups is 1. The van der Waals surface area contributed by atoms with E-state index in [1.54, 1.807) is 17.7 Å². The molecule has 5 nitrogen and oxygen atoms in total. The minimum Gasteiger partial charge on any atom is -0.481 e. The summed E-state index contributed by atoms with van der Waals surface area (Å²) < 4.78 is 15.5. The lowest BCUT2D eigenvalue weighted by atomic mass is 10.2. The summed E-state index contributed by atoms with van der Waals surface area (Å²) in [6, 6.07) is 4.40. The summed E-state index contributed by atoms with van der Waals surface area (Å²) in [5.74, 6) is -0.717. The number of nitrogens with zero attached hydrogens (tertiary/aromatic N) is 3. The Labute approximate surface area is 126 Å². The quantitative estimate of drug-likeness (QED) is 0.639. The molecule has 8 heteroatoms. The van der Waals surface area contributed by atoms with Crippen molar-refractivity contribution in [2.75, 3.05) is 5.75 Å². The molecule has 0 amide bonds. The topological polar surface area (TPSA) is 68.0 Å². The van der Waals surface area contributed by atoms with Crippen LogP contribution in [-0.4, -0.2) is 31.6 Å². The van der Waals surface area contributed by atoms with Crippen LogP contribution in [0.4, 0.5) is 4.39 Å². The standard InChI is InChI=1S/C11H9FIN3O2S/c1-16-10(7-3-2-6(12)4-8(7)13)14-15-11(16)19-5-9(17)18/h2-4H,5H2,1H3,(H,17,18). The van der Waals surface area contributed by atoms with E-state index in [1.165, 1.54) is 12.1 Å². The zero-order valence-corrected chi connectivity index (χ0v) is 12.8. The number of benzene rings is 1. The summed E-state index contributed by atoms with van der Waals surface area (Å²) in [5, 5.41) is 17.1. The highest BCUT2D eigenvalue weighted by Gasteiger charge is 2.14. The molecule has 0 aliphatic rings. The second-order valence-electron chi connectivity index (χ2n) is 3.67. The van der Waals surface area contributed by atoms with Gasteiger partial charge in [-0.25, -0.2) is 4.39 Å². The van der Waals surface area contributed by atoms with Crippen molar-refractivity contribution in [1.29, 1.82) is 0 Å². The molecule has 100 valence electrons. The number of hydrogen-bond donors (Lipinski definition) is 1. The van der Waals surface area contributed by atoms with Gasteiger partial charge in [0.05, 0.1) is 5.75 Å². The summed E-state index contributed by atoms with van der Waals surface area (Å²) in [6.07, 6.45) is 0. The number of carboxylic acid groups (broad SMARTS) is 1. The van der Waals surface area contributed by atoms with Crippen LogP contribution in [0, 0.1) is 9.39 Å². The van der Waals surface area contributed by atoms with Gasteiger partial charge in [0, 0.05) is 16.2 Å². The fourth-order valence-corrected chi connectivity index (χ4v) is 2.82. The number of hydrogen-bond acceptors (Lipinski definition) is 4. The monoisotopic (exact) mass is 393 g/mol. The smallest absolute Gasteiger partial charge is 0.313 e. The second-order valence-corrected chi connectivity index (χ2v) is 5.78. The molecule has 0 saturated heterocycles. The maximum absolute atomic E-state index is 13.1. The van der Waals surface area contributed by atoms with Gasteiger partial charge >= 0.3 is 5.97 Å². The first kappa shape index (κ1) is 14.3. The van der Waals surface area contributed by atoms with Crippen LogP contribution in [0.2, 0.25) is 0 Å². The molecule has 0 atom stereocenters. The number of halogens is 2. The highest BCUT2D eigenvalue weighted by Crippen LogP contribution is 2.26. The molecule has 1 N–H and O–H groups in total. The van der Waals surface area contributed by atoms with E-state index in [0.717, 1.165) is 20.9 Å². The molecule has 0 aliphatic carbocycles. The summed E-state index contributed by atoms with van der Waals surface area (Å²) in [7, 11) is 1.75. The molecular formula is C11H9FIN3O2S. The predicted molar refractivity (Wildman–Crippen MR) is 77.5 cm³/mol. The Morgan fingerprint density at radius 3 is 2.89 bits per heavy atom. The van der Waals surface area contributed by atoms with Gasteiger partial charge in [-0.15, -0.1) is 10.2 Å². The average Bonchev–Trinajstić information content (AvgIpc) is 2.68. The van der Waals surface area contributed by atoms with Crippen LogP contribution in [0.3, 0.4) is 0 Å². The van der Waals surface area contributed by atoms with E-state index in [1.807, 2.05) is 22.6 Å². The van der Waals surface area contributed by atoms with Crippen molar-refractivity contribution in [2.24, 2.45) is 7.05 Å². The lowest BCUT2D eigenvalue weighted by Crippen LogP contribution is -2.01. The van der Waals surface area contributed by atoms with E-state index in [-0.39, 0.29) is 11.6 Å². The Morgan fingerprint density at radius 1 is 1.53 bits per heavy atom. The highest BCUT2D eigenvalue weighted by molar-refractivity contribution is 14.1. The molecule has 19 heavy (non-hydrogen) atoms. The fourth-order valence-electron chi connectivity index (χ4n) is 1.47. The fraction of sp³-hybridized carbons (Fsp3) is 0.182. The number of aromatic nitrogens is 3. The van der Waals surface area contributed by atoms with Crippen LogP contribution in [-0.2, 0) is 11.8 Å². The van der Waals surface area contributed by atoms with Crippen LogP contribution in [0.5, 0.6) is 0 Å². The van der Waals surface area contributed by atoms with Gasteiger partial charge in [0.25, 0.3) is 0 Å². The Morgan fingerprint density at radius 2 is 2.26 bits per heavy atom. The van der Waals surface area contributed by atoms with E-state index in [0.29, 0.717) is 11.0 Å². The number of aliphatic carboxylic acids is 1. The van der Waals surface area contributed by atoms with E-state index < -0.39 is 5.97 Å². The number of rotatable bonds is 4. The summed E-state index contributed by atoms with van der Waals surface area (Å²) in [5.41, 5.74) is 0.763. The summed E-state index contributed by atoms with van der Waals surface area (Å²) in [6.45, 7) is 0. The third-order valence-corrected chi connectivity index (χ3v) is 4.23. The average molecular weight is 393 g/mol. The third kappa shape index (κ3) is 3.24. The van der Waals surface area contributed by atoms with Gasteiger partial charge in [0.2, 0.25) is 0 Å². The van der Waals surface area contributed by atoms with Crippen LogP contribution >= 0.6 is 34.4 Å². The Kier molecular flexibility index (Phi) is 4.40. The molecule has 0 spiro atoms. The van der Waals surface area contributed by atoms with Crippen molar-refractivity contribution in [3.63, 3.8) is 0 Å². The highest BCUT2D eigenvalue weighted by atomic mass is 127. The molecule has 0 unspecified atom stereocenters. The van der Waals surface area contributed by atoms with Crippen molar-refractivity contribution < 1.29 is 14.3 Å². The van der Waals surface area contributed by atoms with Gasteiger partial charge in [-0.1, -0.05) is 11.8 Å². The van der Waals surface area contributed by atoms with Gasteiger partial charge in [-0.3, -0.25) is 4.79 Å². The largest absolute Gasteiger partial charge is 0.481 e. The second kappa shape index (κ2) is 5.87. The summed E-state index contributed by atoms with van der Waals surface area (Å²) >= 11 is 3.12. The van der Waals surface area contributed by atoms with Gasteiger partial charge in [0.1, 0.15) is 5.82 Å². The Bertz CT molecular complexity index is 632. The molecule has 0 bridgehead atoms. The van der Waals surface area contributed by atoms with Crippen molar-refractivity contribution in [3.8, 4) is 11.4 Å². The minimum atomic E-state index is -0.911. The molecule has 0 aliphatic heterocycles. The van der Waals surface area contributed by atoms with E-state index in [2.05, 4.69) is 10.2 Å². The maximum atomic E-state index is 13.1. The van der Waals surface area contributed by atoms with Crippen molar-refractivity contribution in [1.82, 2.24) is 14.8 Å². The molecule has 1 heterocycles. The molecule has 0 fully saturated rings. The normalized spacial score (nSPS) is 10.7. The Hall–Kier alpha value is -1.16. The lowest BCUT2D eigenvalue weighted by Gasteiger charge is -2.05. The number of carbonyl (C=O) groups is 1. The molecule has 0 radical (unpaired) electrons. The van der Waals surface area contributed by atoms with Gasteiger partial charge in [-0.2, -0.15) is 0 Å². The molecule has 1 aromatic carbocycles. The van der Waals surface area contributed by atoms with E-state index in [4.69, 9.17) is 5.11 Å². The van der Waals surface area contributed by atoms with Gasteiger partial charge in [-0.05, 0) is 40.8 Å². The van der Waals surface area contributed by atoms with E-state index in [9.17, 15) is 9.18 Å². The third-order valence-electron chi connectivity index (χ3n) is 2.33.